The van der Waals surface area contributed by atoms with Crippen LogP contribution in [0.15, 0.2) is 17.0 Å². The molecule has 88 valence electrons. The van der Waals surface area contributed by atoms with Crippen LogP contribution in [0, 0.1) is 5.92 Å². The summed E-state index contributed by atoms with van der Waals surface area (Å²) in [5, 5.41) is 6.31. The molecule has 5 nitrogen and oxygen atoms in total. The van der Waals surface area contributed by atoms with Crippen molar-refractivity contribution in [2.24, 2.45) is 11.7 Å². The van der Waals surface area contributed by atoms with Gasteiger partial charge in [0, 0.05) is 6.04 Å². The topological polar surface area (TPSA) is 81.2 Å². The molecule has 2 unspecified atom stereocenters. The normalized spacial score (nSPS) is 26.1. The van der Waals surface area contributed by atoms with E-state index in [1.54, 1.807) is 0 Å². The number of nitrogens with zero attached hydrogens (tertiary/aromatic N) is 1. The summed E-state index contributed by atoms with van der Waals surface area (Å²) < 4.78 is 4.66. The largest absolute Gasteiger partial charge is 0.363 e. The number of nitrogens with one attached hydrogen (secondary N) is 1. The summed E-state index contributed by atoms with van der Waals surface area (Å²) in [4.78, 5) is 12.0. The number of aromatic nitrogens is 1. The van der Waals surface area contributed by atoms with Gasteiger partial charge in [-0.3, -0.25) is 4.79 Å². The molecular weight excluding hydrogens is 206 g/mol. The number of anilines is 1. The first-order valence-electron chi connectivity index (χ1n) is 5.73. The van der Waals surface area contributed by atoms with Crippen molar-refractivity contribution in [2.45, 2.75) is 38.1 Å². The molecule has 0 saturated heterocycles. The molecule has 1 aliphatic rings. The monoisotopic (exact) mass is 223 g/mol. The van der Waals surface area contributed by atoms with E-state index >= 15 is 0 Å². The second-order valence-corrected chi connectivity index (χ2v) is 4.31. The maximum absolute atomic E-state index is 12.0. The third kappa shape index (κ3) is 2.61. The molecule has 1 heterocycles. The van der Waals surface area contributed by atoms with E-state index in [4.69, 9.17) is 5.73 Å². The van der Waals surface area contributed by atoms with Gasteiger partial charge in [0.1, 0.15) is 12.0 Å². The van der Waals surface area contributed by atoms with Crippen molar-refractivity contribution in [3.63, 3.8) is 0 Å². The predicted molar refractivity (Wildman–Crippen MR) is 59.7 cm³/mol. The Labute approximate surface area is 94.4 Å². The van der Waals surface area contributed by atoms with Crippen LogP contribution >= 0.6 is 0 Å². The molecule has 1 aromatic rings. The lowest BCUT2D eigenvalue weighted by Gasteiger charge is -2.19. The van der Waals surface area contributed by atoms with Crippen LogP contribution in [0.25, 0.3) is 0 Å². The Morgan fingerprint density at radius 2 is 2.25 bits per heavy atom. The lowest BCUT2D eigenvalue weighted by atomic mass is 9.94. The van der Waals surface area contributed by atoms with Crippen molar-refractivity contribution in [3.05, 3.63) is 12.5 Å². The van der Waals surface area contributed by atoms with Crippen LogP contribution in [0.2, 0.25) is 0 Å². The molecule has 1 aliphatic carbocycles. The zero-order valence-electron chi connectivity index (χ0n) is 9.19. The summed E-state index contributed by atoms with van der Waals surface area (Å²) >= 11 is 0. The van der Waals surface area contributed by atoms with Crippen molar-refractivity contribution in [2.75, 3.05) is 5.32 Å². The summed E-state index contributed by atoms with van der Waals surface area (Å²) in [6, 6.07) is -0.0256. The molecule has 2 atom stereocenters. The van der Waals surface area contributed by atoms with E-state index in [9.17, 15) is 4.79 Å². The molecule has 1 saturated carbocycles. The first-order chi connectivity index (χ1) is 7.77. The van der Waals surface area contributed by atoms with Crippen LogP contribution in [0.4, 0.5) is 5.69 Å². The average molecular weight is 223 g/mol. The highest BCUT2D eigenvalue weighted by molar-refractivity contribution is 5.92. The van der Waals surface area contributed by atoms with E-state index in [0.717, 1.165) is 25.7 Å². The Morgan fingerprint density at radius 3 is 3.00 bits per heavy atom. The molecule has 0 aromatic carbocycles. The summed E-state index contributed by atoms with van der Waals surface area (Å²) in [6.07, 6.45) is 8.08. The van der Waals surface area contributed by atoms with Crippen molar-refractivity contribution >= 4 is 11.6 Å². The highest BCUT2D eigenvalue weighted by Gasteiger charge is 2.27. The van der Waals surface area contributed by atoms with Gasteiger partial charge in [-0.1, -0.05) is 24.4 Å². The highest BCUT2D eigenvalue weighted by Crippen LogP contribution is 2.23. The number of hydrogen-bond donors (Lipinski definition) is 2. The first kappa shape index (κ1) is 11.1. The summed E-state index contributed by atoms with van der Waals surface area (Å²) in [7, 11) is 0. The zero-order valence-corrected chi connectivity index (χ0v) is 9.19. The third-order valence-corrected chi connectivity index (χ3v) is 3.11. The molecule has 0 bridgehead atoms. The average Bonchev–Trinajstić information content (AvgIpc) is 2.66. The molecule has 1 aromatic heterocycles. The molecule has 1 amide bonds. The van der Waals surface area contributed by atoms with Crippen molar-refractivity contribution < 1.29 is 9.32 Å². The highest BCUT2D eigenvalue weighted by atomic mass is 16.5. The minimum absolute atomic E-state index is 0.0161. The molecule has 0 radical (unpaired) electrons. The smallest absolute Gasteiger partial charge is 0.229 e. The quantitative estimate of drug-likeness (QED) is 0.745. The van der Waals surface area contributed by atoms with E-state index in [0.29, 0.717) is 5.69 Å². The Morgan fingerprint density at radius 1 is 1.44 bits per heavy atom. The SMILES string of the molecule is NC1CCCCCC1C(=O)Nc1cnoc1. The van der Waals surface area contributed by atoms with Gasteiger partial charge in [-0.25, -0.2) is 0 Å². The van der Waals surface area contributed by atoms with Gasteiger partial charge in [0.15, 0.2) is 0 Å². The number of carbonyl (C=O) groups is 1. The van der Waals surface area contributed by atoms with Gasteiger partial charge >= 0.3 is 0 Å². The standard InChI is InChI=1S/C11H17N3O2/c12-10-5-3-1-2-4-9(10)11(15)14-8-6-13-16-7-8/h6-7,9-10H,1-5,12H2,(H,14,15). The van der Waals surface area contributed by atoms with Gasteiger partial charge in [-0.15, -0.1) is 0 Å². The fourth-order valence-corrected chi connectivity index (χ4v) is 2.16. The van der Waals surface area contributed by atoms with Crippen LogP contribution in [-0.4, -0.2) is 17.1 Å². The molecule has 16 heavy (non-hydrogen) atoms. The Bertz CT molecular complexity index is 337. The minimum Gasteiger partial charge on any atom is -0.363 e. The maximum Gasteiger partial charge on any atom is 0.229 e. The number of nitrogens with two attached hydrogens (primary N) is 1. The van der Waals surface area contributed by atoms with Crippen molar-refractivity contribution in [1.29, 1.82) is 0 Å². The Balaban J connectivity index is 1.97. The second kappa shape index (κ2) is 5.12. The number of rotatable bonds is 2. The lowest BCUT2D eigenvalue weighted by Crippen LogP contribution is -2.37. The van der Waals surface area contributed by atoms with Gasteiger partial charge in [0.05, 0.1) is 12.1 Å². The molecule has 3 N–H and O–H groups in total. The molecular formula is C11H17N3O2. The van der Waals surface area contributed by atoms with Crippen LogP contribution in [0.3, 0.4) is 0 Å². The Kier molecular flexibility index (Phi) is 3.56. The van der Waals surface area contributed by atoms with Crippen LogP contribution in [0.1, 0.15) is 32.1 Å². The second-order valence-electron chi connectivity index (χ2n) is 4.31. The van der Waals surface area contributed by atoms with E-state index in [2.05, 4.69) is 15.0 Å². The molecule has 5 heteroatoms. The molecule has 0 aliphatic heterocycles. The first-order valence-corrected chi connectivity index (χ1v) is 5.73. The van der Waals surface area contributed by atoms with E-state index in [1.807, 2.05) is 0 Å². The van der Waals surface area contributed by atoms with Gasteiger partial charge in [0.25, 0.3) is 0 Å². The summed E-state index contributed by atoms with van der Waals surface area (Å²) in [6.45, 7) is 0. The molecule has 2 rings (SSSR count). The molecule has 1 fully saturated rings. The number of amides is 1. The maximum atomic E-state index is 12.0. The number of carbonyl (C=O) groups excluding carboxylic acids is 1. The van der Waals surface area contributed by atoms with Gasteiger partial charge in [-0.05, 0) is 12.8 Å². The fourth-order valence-electron chi connectivity index (χ4n) is 2.16. The van der Waals surface area contributed by atoms with Crippen molar-refractivity contribution in [3.8, 4) is 0 Å². The Hall–Kier alpha value is -1.36. The van der Waals surface area contributed by atoms with Crippen LogP contribution in [-0.2, 0) is 4.79 Å². The van der Waals surface area contributed by atoms with Gasteiger partial charge in [-0.2, -0.15) is 0 Å². The van der Waals surface area contributed by atoms with E-state index < -0.39 is 0 Å². The van der Waals surface area contributed by atoms with Gasteiger partial charge < -0.3 is 15.6 Å². The summed E-state index contributed by atoms with van der Waals surface area (Å²) in [5.74, 6) is -0.102. The fraction of sp³-hybridized carbons (Fsp3) is 0.636. The number of hydrogen-bond acceptors (Lipinski definition) is 4. The lowest BCUT2D eigenvalue weighted by molar-refractivity contribution is -0.120. The van der Waals surface area contributed by atoms with E-state index in [-0.39, 0.29) is 17.9 Å². The van der Waals surface area contributed by atoms with Crippen molar-refractivity contribution in [1.82, 2.24) is 5.16 Å². The molecule has 0 spiro atoms. The van der Waals surface area contributed by atoms with Crippen LogP contribution < -0.4 is 11.1 Å². The van der Waals surface area contributed by atoms with Crippen LogP contribution in [0.5, 0.6) is 0 Å². The summed E-state index contributed by atoms with van der Waals surface area (Å²) in [5.41, 5.74) is 6.61. The van der Waals surface area contributed by atoms with E-state index in [1.165, 1.54) is 18.9 Å². The predicted octanol–water partition coefficient (Wildman–Crippen LogP) is 1.52. The van der Waals surface area contributed by atoms with Gasteiger partial charge in [0.2, 0.25) is 5.91 Å². The third-order valence-electron chi connectivity index (χ3n) is 3.11. The zero-order chi connectivity index (χ0) is 11.4. The minimum atomic E-state index is -0.0857.